The number of ether oxygens (including phenoxy) is 1. The molecule has 1 aliphatic rings. The number of aliphatic hydroxyl groups excluding tert-OH is 1. The molecule has 0 radical (unpaired) electrons. The Bertz CT molecular complexity index is 861. The Morgan fingerprint density at radius 2 is 2.23 bits per heavy atom. The average molecular weight is 364 g/mol. The van der Waals surface area contributed by atoms with Gasteiger partial charge in [-0.2, -0.15) is 0 Å². The van der Waals surface area contributed by atoms with Gasteiger partial charge in [0, 0.05) is 11.5 Å². The first kappa shape index (κ1) is 18.2. The summed E-state index contributed by atoms with van der Waals surface area (Å²) in [7, 11) is 0. The Morgan fingerprint density at radius 1 is 1.54 bits per heavy atom. The van der Waals surface area contributed by atoms with E-state index in [1.807, 2.05) is 0 Å². The standard InChI is InChI=1S/C18H21FN2O5/c1-10-16(21(9-23)18(2,8-22)17(20)24)12-5-15(25-7-11-3-4-11)13(19)6-14(12)26-10/h5-6,9,11,22H,3-4,7-8H2,1-2H3,(H2,20,24). The molecule has 3 rings (SSSR count). The number of furan rings is 1. The predicted molar refractivity (Wildman–Crippen MR) is 92.4 cm³/mol. The van der Waals surface area contributed by atoms with Crippen LogP contribution < -0.4 is 15.4 Å². The lowest BCUT2D eigenvalue weighted by Gasteiger charge is -2.34. The van der Waals surface area contributed by atoms with E-state index in [-0.39, 0.29) is 22.8 Å². The van der Waals surface area contributed by atoms with Gasteiger partial charge in [-0.15, -0.1) is 0 Å². The number of nitrogens with zero attached hydrogens (tertiary/aromatic N) is 1. The Morgan fingerprint density at radius 3 is 2.77 bits per heavy atom. The molecule has 1 fully saturated rings. The van der Waals surface area contributed by atoms with E-state index in [1.165, 1.54) is 19.1 Å². The van der Waals surface area contributed by atoms with Gasteiger partial charge in [-0.1, -0.05) is 0 Å². The number of amides is 2. The Hall–Kier alpha value is -2.61. The van der Waals surface area contributed by atoms with Gasteiger partial charge < -0.3 is 20.0 Å². The van der Waals surface area contributed by atoms with E-state index in [1.54, 1.807) is 6.92 Å². The van der Waals surface area contributed by atoms with Crippen LogP contribution in [-0.4, -0.2) is 36.2 Å². The van der Waals surface area contributed by atoms with Crippen molar-refractivity contribution in [3.8, 4) is 5.75 Å². The first-order chi connectivity index (χ1) is 12.3. The van der Waals surface area contributed by atoms with Gasteiger partial charge in [-0.3, -0.25) is 14.5 Å². The third kappa shape index (κ3) is 3.01. The summed E-state index contributed by atoms with van der Waals surface area (Å²) < 4.78 is 25.3. The molecule has 1 heterocycles. The summed E-state index contributed by atoms with van der Waals surface area (Å²) >= 11 is 0. The van der Waals surface area contributed by atoms with E-state index >= 15 is 0 Å². The van der Waals surface area contributed by atoms with Crippen LogP contribution in [0.15, 0.2) is 16.5 Å². The molecule has 1 atom stereocenters. The molecule has 26 heavy (non-hydrogen) atoms. The van der Waals surface area contributed by atoms with Crippen molar-refractivity contribution in [3.63, 3.8) is 0 Å². The van der Waals surface area contributed by atoms with Crippen molar-refractivity contribution in [3.05, 3.63) is 23.7 Å². The Balaban J connectivity index is 2.11. The van der Waals surface area contributed by atoms with Gasteiger partial charge in [0.1, 0.15) is 16.9 Å². The maximum absolute atomic E-state index is 14.3. The van der Waals surface area contributed by atoms with Gasteiger partial charge in [0.2, 0.25) is 12.3 Å². The monoisotopic (exact) mass is 364 g/mol. The lowest BCUT2D eigenvalue weighted by molar-refractivity contribution is -0.126. The van der Waals surface area contributed by atoms with Gasteiger partial charge in [0.05, 0.1) is 18.9 Å². The Kier molecular flexibility index (Phi) is 4.62. The maximum Gasteiger partial charge on any atom is 0.245 e. The molecule has 7 nitrogen and oxygen atoms in total. The average Bonchev–Trinajstić information content (AvgIpc) is 3.37. The van der Waals surface area contributed by atoms with Crippen LogP contribution in [0.3, 0.4) is 0 Å². The molecular formula is C18H21FN2O5. The first-order valence-electron chi connectivity index (χ1n) is 8.32. The van der Waals surface area contributed by atoms with E-state index in [2.05, 4.69) is 0 Å². The highest BCUT2D eigenvalue weighted by Crippen LogP contribution is 2.39. The first-order valence-corrected chi connectivity index (χ1v) is 8.32. The van der Waals surface area contributed by atoms with Gasteiger partial charge in [-0.25, -0.2) is 4.39 Å². The summed E-state index contributed by atoms with van der Waals surface area (Å²) in [6.45, 7) is 2.66. The highest BCUT2D eigenvalue weighted by Gasteiger charge is 2.40. The lowest BCUT2D eigenvalue weighted by Crippen LogP contribution is -2.58. The summed E-state index contributed by atoms with van der Waals surface area (Å²) in [5.41, 5.74) is 4.15. The molecule has 0 saturated heterocycles. The van der Waals surface area contributed by atoms with E-state index in [4.69, 9.17) is 14.9 Å². The van der Waals surface area contributed by atoms with E-state index < -0.39 is 23.9 Å². The van der Waals surface area contributed by atoms with Crippen molar-refractivity contribution in [2.24, 2.45) is 11.7 Å². The molecule has 140 valence electrons. The molecule has 0 spiro atoms. The number of primary amides is 1. The van der Waals surface area contributed by atoms with Crippen LogP contribution >= 0.6 is 0 Å². The van der Waals surface area contributed by atoms with Gasteiger partial charge in [0.25, 0.3) is 0 Å². The number of halogens is 1. The number of aliphatic hydroxyl groups is 1. The van der Waals surface area contributed by atoms with E-state index in [0.717, 1.165) is 17.7 Å². The SMILES string of the molecule is Cc1oc2cc(F)c(OCC3CC3)cc2c1N(C=O)C(C)(CO)C(N)=O. The number of nitrogens with two attached hydrogens (primary N) is 1. The molecule has 1 saturated carbocycles. The second-order valence-corrected chi connectivity index (χ2v) is 6.81. The van der Waals surface area contributed by atoms with Crippen LogP contribution in [0.2, 0.25) is 0 Å². The van der Waals surface area contributed by atoms with Crippen molar-refractivity contribution in [2.45, 2.75) is 32.2 Å². The number of carbonyl (C=O) groups is 2. The van der Waals surface area contributed by atoms with Crippen LogP contribution in [0.4, 0.5) is 10.1 Å². The normalized spacial score (nSPS) is 16.3. The molecule has 1 aromatic heterocycles. The fraction of sp³-hybridized carbons (Fsp3) is 0.444. The number of fused-ring (bicyclic) bond motifs is 1. The second kappa shape index (κ2) is 6.60. The highest BCUT2D eigenvalue weighted by molar-refractivity contribution is 6.04. The summed E-state index contributed by atoms with van der Waals surface area (Å²) in [5, 5.41) is 10.0. The fourth-order valence-electron chi connectivity index (χ4n) is 2.80. The smallest absolute Gasteiger partial charge is 0.245 e. The molecule has 3 N–H and O–H groups in total. The number of aryl methyl sites for hydroxylation is 1. The minimum atomic E-state index is -1.67. The topological polar surface area (TPSA) is 106 Å². The molecule has 1 unspecified atom stereocenters. The lowest BCUT2D eigenvalue weighted by atomic mass is 9.99. The second-order valence-electron chi connectivity index (χ2n) is 6.81. The number of benzene rings is 1. The Labute approximate surface area is 149 Å². The number of carbonyl (C=O) groups excluding carboxylic acids is 2. The maximum atomic E-state index is 14.3. The van der Waals surface area contributed by atoms with Gasteiger partial charge in [0.15, 0.2) is 11.6 Å². The minimum absolute atomic E-state index is 0.0436. The van der Waals surface area contributed by atoms with Crippen LogP contribution in [0.5, 0.6) is 5.75 Å². The van der Waals surface area contributed by atoms with E-state index in [0.29, 0.717) is 24.3 Å². The molecule has 8 heteroatoms. The van der Waals surface area contributed by atoms with Crippen molar-refractivity contribution in [1.82, 2.24) is 0 Å². The van der Waals surface area contributed by atoms with Crippen LogP contribution in [0, 0.1) is 18.7 Å². The largest absolute Gasteiger partial charge is 0.490 e. The zero-order valence-corrected chi connectivity index (χ0v) is 14.6. The number of anilines is 1. The zero-order chi connectivity index (χ0) is 19.1. The molecule has 0 aliphatic heterocycles. The quantitative estimate of drug-likeness (QED) is 0.696. The van der Waals surface area contributed by atoms with Crippen molar-refractivity contribution >= 4 is 29.0 Å². The number of hydrogen-bond acceptors (Lipinski definition) is 5. The summed E-state index contributed by atoms with van der Waals surface area (Å²) in [5.74, 6) is -0.687. The summed E-state index contributed by atoms with van der Waals surface area (Å²) in [6.07, 6.45) is 2.52. The van der Waals surface area contributed by atoms with Gasteiger partial charge >= 0.3 is 0 Å². The van der Waals surface area contributed by atoms with Crippen LogP contribution in [0.1, 0.15) is 25.5 Å². The highest BCUT2D eigenvalue weighted by atomic mass is 19.1. The van der Waals surface area contributed by atoms with Crippen LogP contribution in [-0.2, 0) is 9.59 Å². The van der Waals surface area contributed by atoms with Crippen molar-refractivity contribution in [1.29, 1.82) is 0 Å². The number of rotatable bonds is 8. The molecule has 1 aromatic carbocycles. The van der Waals surface area contributed by atoms with Crippen molar-refractivity contribution < 1.29 is 28.2 Å². The van der Waals surface area contributed by atoms with Crippen molar-refractivity contribution in [2.75, 3.05) is 18.1 Å². The molecular weight excluding hydrogens is 343 g/mol. The molecule has 1 aliphatic carbocycles. The third-order valence-corrected chi connectivity index (χ3v) is 4.77. The van der Waals surface area contributed by atoms with Crippen LogP contribution in [0.25, 0.3) is 11.0 Å². The summed E-state index contributed by atoms with van der Waals surface area (Å²) in [4.78, 5) is 24.6. The molecule has 2 amide bonds. The molecule has 0 bridgehead atoms. The van der Waals surface area contributed by atoms with E-state index in [9.17, 15) is 19.1 Å². The summed E-state index contributed by atoms with van der Waals surface area (Å²) in [6, 6.07) is 2.62. The van der Waals surface area contributed by atoms with Gasteiger partial charge in [-0.05, 0) is 38.7 Å². The predicted octanol–water partition coefficient (Wildman–Crippen LogP) is 1.87. The molecule has 2 aromatic rings. The minimum Gasteiger partial charge on any atom is -0.490 e. The fourth-order valence-corrected chi connectivity index (χ4v) is 2.80. The zero-order valence-electron chi connectivity index (χ0n) is 14.6. The third-order valence-electron chi connectivity index (χ3n) is 4.77. The number of hydrogen-bond donors (Lipinski definition) is 2.